The minimum atomic E-state index is -0.119. The van der Waals surface area contributed by atoms with E-state index in [9.17, 15) is 5.11 Å². The summed E-state index contributed by atoms with van der Waals surface area (Å²) in [5.74, 6) is 3.88. The third kappa shape index (κ3) is 2.65. The van der Waals surface area contributed by atoms with E-state index in [0.717, 1.165) is 24.2 Å². The summed E-state index contributed by atoms with van der Waals surface area (Å²) in [6, 6.07) is 0. The third-order valence-electron chi connectivity index (χ3n) is 13.6. The summed E-state index contributed by atoms with van der Waals surface area (Å²) in [6.45, 7) is 22.6. The van der Waals surface area contributed by atoms with Crippen LogP contribution in [0, 0.1) is 56.7 Å². The summed E-state index contributed by atoms with van der Waals surface area (Å²) in [4.78, 5) is 0. The third-order valence-corrected chi connectivity index (χ3v) is 13.6. The summed E-state index contributed by atoms with van der Waals surface area (Å²) in [5, 5.41) is 10.9. The smallest absolute Gasteiger partial charge is 0.0594 e. The number of rotatable bonds is 0. The van der Waals surface area contributed by atoms with Crippen molar-refractivity contribution >= 4 is 0 Å². The van der Waals surface area contributed by atoms with Gasteiger partial charge in [-0.1, -0.05) is 60.6 Å². The van der Waals surface area contributed by atoms with Gasteiger partial charge in [-0.25, -0.2) is 0 Å². The summed E-state index contributed by atoms with van der Waals surface area (Å²) in [5.41, 5.74) is 3.43. The van der Waals surface area contributed by atoms with Crippen LogP contribution < -0.4 is 0 Å². The van der Waals surface area contributed by atoms with Crippen molar-refractivity contribution in [3.8, 4) is 0 Å². The predicted molar refractivity (Wildman–Crippen MR) is 131 cm³/mol. The van der Waals surface area contributed by atoms with Crippen molar-refractivity contribution in [1.82, 2.24) is 0 Å². The minimum absolute atomic E-state index is 0.0623. The molecule has 5 aliphatic rings. The first-order valence-corrected chi connectivity index (χ1v) is 13.7. The second-order valence-electron chi connectivity index (χ2n) is 14.7. The van der Waals surface area contributed by atoms with Crippen molar-refractivity contribution in [3.05, 3.63) is 12.2 Å². The van der Waals surface area contributed by atoms with Crippen molar-refractivity contribution < 1.29 is 5.11 Å². The van der Waals surface area contributed by atoms with Gasteiger partial charge in [0.25, 0.3) is 0 Å². The lowest BCUT2D eigenvalue weighted by Gasteiger charge is -2.73. The zero-order chi connectivity index (χ0) is 22.6. The molecule has 0 radical (unpaired) electrons. The lowest BCUT2D eigenvalue weighted by molar-refractivity contribution is -0.251. The van der Waals surface area contributed by atoms with Gasteiger partial charge in [0.15, 0.2) is 0 Å². The molecule has 0 aromatic rings. The molecule has 5 fully saturated rings. The number of fused-ring (bicyclic) bond motifs is 7. The lowest BCUT2D eigenvalue weighted by Crippen LogP contribution is -2.67. The van der Waals surface area contributed by atoms with Crippen LogP contribution in [0.25, 0.3) is 0 Å². The SMILES string of the molecule is C=C1CC[C@]2(C)CC[C@]3(C)[C@H](CC[C@@H]4[C@@]5(C)CC[C@H](O)C(C)(C)[C@H]5CC[C@]43C)[C@@H]2[C@H]1C. The van der Waals surface area contributed by atoms with Crippen molar-refractivity contribution in [1.29, 1.82) is 0 Å². The quantitative estimate of drug-likeness (QED) is 0.389. The van der Waals surface area contributed by atoms with Gasteiger partial charge in [0.05, 0.1) is 6.10 Å². The van der Waals surface area contributed by atoms with Crippen LogP contribution in [0.2, 0.25) is 0 Å². The van der Waals surface area contributed by atoms with E-state index >= 15 is 0 Å². The highest BCUT2D eigenvalue weighted by atomic mass is 16.3. The van der Waals surface area contributed by atoms with Crippen LogP contribution >= 0.6 is 0 Å². The van der Waals surface area contributed by atoms with Gasteiger partial charge in [0.2, 0.25) is 0 Å². The molecule has 0 aromatic carbocycles. The van der Waals surface area contributed by atoms with Gasteiger partial charge in [-0.05, 0) is 121 Å². The van der Waals surface area contributed by atoms with Gasteiger partial charge < -0.3 is 5.11 Å². The van der Waals surface area contributed by atoms with Gasteiger partial charge in [-0.2, -0.15) is 0 Å². The minimum Gasteiger partial charge on any atom is -0.393 e. The maximum absolute atomic E-state index is 10.9. The number of aliphatic hydroxyl groups is 1. The van der Waals surface area contributed by atoms with Crippen LogP contribution in [0.5, 0.6) is 0 Å². The Balaban J connectivity index is 1.54. The van der Waals surface area contributed by atoms with Gasteiger partial charge in [0, 0.05) is 0 Å². The summed E-state index contributed by atoms with van der Waals surface area (Å²) in [6.07, 6.45) is 13.2. The van der Waals surface area contributed by atoms with E-state index < -0.39 is 0 Å². The predicted octanol–water partition coefficient (Wildman–Crippen LogP) is 8.02. The van der Waals surface area contributed by atoms with Crippen molar-refractivity contribution in [2.45, 2.75) is 119 Å². The van der Waals surface area contributed by atoms with E-state index in [1.807, 2.05) is 0 Å². The lowest BCUT2D eigenvalue weighted by atomic mass is 9.31. The second kappa shape index (κ2) is 6.64. The number of allylic oxidation sites excluding steroid dienone is 1. The Labute approximate surface area is 192 Å². The first-order valence-electron chi connectivity index (χ1n) is 13.7. The molecule has 0 bridgehead atoms. The molecule has 0 spiro atoms. The Bertz CT molecular complexity index is 766. The number of hydrogen-bond acceptors (Lipinski definition) is 1. The number of aliphatic hydroxyl groups excluding tert-OH is 1. The highest BCUT2D eigenvalue weighted by molar-refractivity contribution is 5.21. The van der Waals surface area contributed by atoms with Crippen LogP contribution in [0.4, 0.5) is 0 Å². The Hall–Kier alpha value is -0.300. The first kappa shape index (κ1) is 22.5. The zero-order valence-electron chi connectivity index (χ0n) is 21.7. The second-order valence-corrected chi connectivity index (χ2v) is 14.7. The van der Waals surface area contributed by atoms with Gasteiger partial charge in [-0.3, -0.25) is 0 Å². The molecule has 0 saturated heterocycles. The molecule has 31 heavy (non-hydrogen) atoms. The number of hydrogen-bond donors (Lipinski definition) is 1. The summed E-state index contributed by atoms with van der Waals surface area (Å²) < 4.78 is 0. The molecule has 0 aliphatic heterocycles. The standard InChI is InChI=1S/C30H50O/c1-19-11-14-27(5)17-18-29(7)21(25(27)20(19)2)9-10-23-28(6)15-13-24(31)26(3,4)22(28)12-16-30(23,29)8/h20-25,31H,1,9-18H2,2-8H3/t20-,21+,22+,23+,24-,25-,27+,28-,29+,30+/m0/s1. The molecule has 5 saturated carbocycles. The zero-order valence-corrected chi connectivity index (χ0v) is 21.7. The Morgan fingerprint density at radius 1 is 0.774 bits per heavy atom. The highest BCUT2D eigenvalue weighted by Gasteiger charge is 2.69. The fourth-order valence-electron chi connectivity index (χ4n) is 11.4. The molecular weight excluding hydrogens is 376 g/mol. The van der Waals surface area contributed by atoms with E-state index in [2.05, 4.69) is 55.0 Å². The van der Waals surface area contributed by atoms with E-state index in [1.54, 1.807) is 0 Å². The van der Waals surface area contributed by atoms with E-state index in [0.29, 0.717) is 33.5 Å². The average molecular weight is 427 g/mol. The largest absolute Gasteiger partial charge is 0.393 e. The molecule has 0 amide bonds. The monoisotopic (exact) mass is 426 g/mol. The van der Waals surface area contributed by atoms with Crippen LogP contribution in [-0.4, -0.2) is 11.2 Å². The maximum atomic E-state index is 10.9. The van der Waals surface area contributed by atoms with Crippen molar-refractivity contribution in [2.24, 2.45) is 56.7 Å². The van der Waals surface area contributed by atoms with Gasteiger partial charge in [-0.15, -0.1) is 0 Å². The molecule has 0 aromatic heterocycles. The van der Waals surface area contributed by atoms with Crippen LogP contribution in [0.3, 0.4) is 0 Å². The van der Waals surface area contributed by atoms with Gasteiger partial charge >= 0.3 is 0 Å². The topological polar surface area (TPSA) is 20.2 Å². The van der Waals surface area contributed by atoms with Crippen molar-refractivity contribution in [2.75, 3.05) is 0 Å². The molecular formula is C30H50O. The fourth-order valence-corrected chi connectivity index (χ4v) is 11.4. The molecule has 5 aliphatic carbocycles. The van der Waals surface area contributed by atoms with Crippen LogP contribution in [0.15, 0.2) is 12.2 Å². The van der Waals surface area contributed by atoms with E-state index in [1.165, 1.54) is 63.4 Å². The summed E-state index contributed by atoms with van der Waals surface area (Å²) in [7, 11) is 0. The molecule has 176 valence electrons. The Morgan fingerprint density at radius 2 is 1.48 bits per heavy atom. The molecule has 0 heterocycles. The highest BCUT2D eigenvalue weighted by Crippen LogP contribution is 2.76. The van der Waals surface area contributed by atoms with E-state index in [4.69, 9.17) is 0 Å². The molecule has 10 atom stereocenters. The van der Waals surface area contributed by atoms with Gasteiger partial charge in [0.1, 0.15) is 0 Å². The normalized spacial score (nSPS) is 58.5. The molecule has 1 heteroatoms. The maximum Gasteiger partial charge on any atom is 0.0594 e. The Morgan fingerprint density at radius 3 is 2.19 bits per heavy atom. The van der Waals surface area contributed by atoms with Crippen LogP contribution in [0.1, 0.15) is 113 Å². The average Bonchev–Trinajstić information content (AvgIpc) is 2.69. The fraction of sp³-hybridized carbons (Fsp3) is 0.933. The Kier molecular flexibility index (Phi) is 4.82. The summed E-state index contributed by atoms with van der Waals surface area (Å²) >= 11 is 0. The van der Waals surface area contributed by atoms with Crippen molar-refractivity contribution in [3.63, 3.8) is 0 Å². The molecule has 1 nitrogen and oxygen atoms in total. The van der Waals surface area contributed by atoms with Crippen LogP contribution in [-0.2, 0) is 0 Å². The molecule has 0 unspecified atom stereocenters. The molecule has 5 rings (SSSR count). The first-order chi connectivity index (χ1) is 14.3. The van der Waals surface area contributed by atoms with E-state index in [-0.39, 0.29) is 11.5 Å². The molecule has 1 N–H and O–H groups in total.